The highest BCUT2D eigenvalue weighted by Gasteiger charge is 2.33. The summed E-state index contributed by atoms with van der Waals surface area (Å²) in [4.78, 5) is 40.5. The van der Waals surface area contributed by atoms with E-state index >= 15 is 0 Å². The molecule has 1 atom stereocenters. The number of amides is 2. The molecule has 1 aromatic heterocycles. The summed E-state index contributed by atoms with van der Waals surface area (Å²) in [6, 6.07) is -0.394. The van der Waals surface area contributed by atoms with E-state index in [1.54, 1.807) is 6.20 Å². The molecular formula is C21H32N6O2. The molecule has 1 N–H and O–H groups in total. The van der Waals surface area contributed by atoms with E-state index in [1.807, 2.05) is 32.6 Å². The molecule has 8 heteroatoms. The molecule has 8 nitrogen and oxygen atoms in total. The smallest absolute Gasteiger partial charge is 0.237 e. The van der Waals surface area contributed by atoms with Crippen molar-refractivity contribution in [1.29, 1.82) is 0 Å². The minimum atomic E-state index is -0.394. The number of nitrogens with zero attached hydrogens (tertiary/aromatic N) is 5. The van der Waals surface area contributed by atoms with Gasteiger partial charge in [-0.1, -0.05) is 11.6 Å². The second kappa shape index (κ2) is 9.35. The van der Waals surface area contributed by atoms with Gasteiger partial charge in [-0.15, -0.1) is 0 Å². The summed E-state index contributed by atoms with van der Waals surface area (Å²) in [5, 5.41) is 2.90. The molecule has 1 unspecified atom stereocenters. The molecule has 0 saturated carbocycles. The highest BCUT2D eigenvalue weighted by Crippen LogP contribution is 2.18. The zero-order valence-electron chi connectivity index (χ0n) is 17.9. The van der Waals surface area contributed by atoms with Crippen molar-refractivity contribution in [2.75, 3.05) is 50.7 Å². The van der Waals surface area contributed by atoms with Crippen LogP contribution in [0, 0.1) is 13.8 Å². The quantitative estimate of drug-likeness (QED) is 0.740. The first-order valence-electron chi connectivity index (χ1n) is 10.3. The van der Waals surface area contributed by atoms with Gasteiger partial charge in [-0.05, 0) is 27.7 Å². The van der Waals surface area contributed by atoms with E-state index in [-0.39, 0.29) is 18.2 Å². The molecule has 2 aliphatic heterocycles. The van der Waals surface area contributed by atoms with Crippen LogP contribution in [0.4, 0.5) is 5.82 Å². The number of hydrogen-bond acceptors (Lipinski definition) is 6. The minimum absolute atomic E-state index is 0.0425. The summed E-state index contributed by atoms with van der Waals surface area (Å²) in [6.45, 7) is 12.8. The lowest BCUT2D eigenvalue weighted by Crippen LogP contribution is -2.57. The third-order valence-electron chi connectivity index (χ3n) is 5.53. The molecular weight excluding hydrogens is 368 g/mol. The molecule has 0 aliphatic carbocycles. The maximum absolute atomic E-state index is 12.9. The number of hydrogen-bond donors (Lipinski definition) is 1. The molecule has 0 spiro atoms. The maximum atomic E-state index is 12.9. The van der Waals surface area contributed by atoms with E-state index in [0.29, 0.717) is 26.2 Å². The van der Waals surface area contributed by atoms with Gasteiger partial charge in [0.2, 0.25) is 11.8 Å². The molecule has 158 valence electrons. The molecule has 0 radical (unpaired) electrons. The number of allylic oxidation sites excluding steroid dienone is 1. The molecule has 3 rings (SSSR count). The maximum Gasteiger partial charge on any atom is 0.237 e. The highest BCUT2D eigenvalue weighted by atomic mass is 16.2. The number of piperazine rings is 2. The van der Waals surface area contributed by atoms with Crippen molar-refractivity contribution >= 4 is 17.6 Å². The molecule has 2 saturated heterocycles. The fourth-order valence-corrected chi connectivity index (χ4v) is 3.79. The van der Waals surface area contributed by atoms with Crippen LogP contribution in [0.5, 0.6) is 0 Å². The Bertz CT molecular complexity index is 781. The Morgan fingerprint density at radius 3 is 2.62 bits per heavy atom. The van der Waals surface area contributed by atoms with Crippen LogP contribution in [0.15, 0.2) is 17.8 Å². The van der Waals surface area contributed by atoms with E-state index in [9.17, 15) is 9.59 Å². The zero-order valence-corrected chi connectivity index (χ0v) is 17.9. The number of carbonyl (C=O) groups is 2. The number of anilines is 1. The first-order valence-corrected chi connectivity index (χ1v) is 10.3. The Morgan fingerprint density at radius 2 is 1.93 bits per heavy atom. The van der Waals surface area contributed by atoms with Gasteiger partial charge in [-0.2, -0.15) is 0 Å². The van der Waals surface area contributed by atoms with Crippen molar-refractivity contribution in [1.82, 2.24) is 25.1 Å². The average Bonchev–Trinajstić information content (AvgIpc) is 2.70. The van der Waals surface area contributed by atoms with E-state index in [0.717, 1.165) is 36.8 Å². The van der Waals surface area contributed by atoms with Crippen LogP contribution in [0.1, 0.15) is 31.7 Å². The lowest BCUT2D eigenvalue weighted by molar-refractivity contribution is -0.138. The van der Waals surface area contributed by atoms with Gasteiger partial charge in [-0.3, -0.25) is 19.5 Å². The summed E-state index contributed by atoms with van der Waals surface area (Å²) >= 11 is 0. The predicted molar refractivity (Wildman–Crippen MR) is 113 cm³/mol. The fourth-order valence-electron chi connectivity index (χ4n) is 3.79. The normalized spacial score (nSPS) is 20.4. The molecule has 0 bridgehead atoms. The molecule has 1 aromatic rings. The zero-order chi connectivity index (χ0) is 21.0. The fraction of sp³-hybridized carbons (Fsp3) is 0.619. The summed E-state index contributed by atoms with van der Waals surface area (Å²) in [7, 11) is 0. The summed E-state index contributed by atoms with van der Waals surface area (Å²) in [5.74, 6) is 0.897. The van der Waals surface area contributed by atoms with Gasteiger partial charge in [0.05, 0.1) is 23.9 Å². The van der Waals surface area contributed by atoms with Crippen molar-refractivity contribution in [3.05, 3.63) is 29.2 Å². The number of nitrogens with one attached hydrogen (secondary N) is 1. The summed E-state index contributed by atoms with van der Waals surface area (Å²) < 4.78 is 0. The largest absolute Gasteiger partial charge is 0.353 e. The number of carbonyl (C=O) groups excluding carboxylic acids is 2. The first kappa shape index (κ1) is 21.2. The van der Waals surface area contributed by atoms with Crippen molar-refractivity contribution in [3.63, 3.8) is 0 Å². The van der Waals surface area contributed by atoms with E-state index in [2.05, 4.69) is 31.2 Å². The second-order valence-electron chi connectivity index (χ2n) is 8.08. The van der Waals surface area contributed by atoms with Gasteiger partial charge >= 0.3 is 0 Å². The van der Waals surface area contributed by atoms with Crippen LogP contribution in [0.2, 0.25) is 0 Å². The monoisotopic (exact) mass is 400 g/mol. The Hall–Kier alpha value is -2.48. The number of rotatable bonds is 5. The molecule has 3 heterocycles. The molecule has 2 aliphatic rings. The van der Waals surface area contributed by atoms with Crippen LogP contribution in [-0.2, 0) is 9.59 Å². The lowest BCUT2D eigenvalue weighted by atomic mass is 10.1. The van der Waals surface area contributed by atoms with Gasteiger partial charge in [0.1, 0.15) is 5.82 Å². The van der Waals surface area contributed by atoms with Crippen molar-refractivity contribution in [2.45, 2.75) is 40.2 Å². The Balaban J connectivity index is 1.59. The van der Waals surface area contributed by atoms with E-state index in [1.165, 1.54) is 5.57 Å². The van der Waals surface area contributed by atoms with Crippen molar-refractivity contribution in [2.24, 2.45) is 0 Å². The molecule has 2 fully saturated rings. The van der Waals surface area contributed by atoms with Gasteiger partial charge in [0, 0.05) is 52.0 Å². The van der Waals surface area contributed by atoms with Crippen LogP contribution in [0.25, 0.3) is 0 Å². The molecule has 0 aromatic carbocycles. The third-order valence-corrected chi connectivity index (χ3v) is 5.53. The van der Waals surface area contributed by atoms with Crippen LogP contribution in [-0.4, -0.2) is 83.4 Å². The second-order valence-corrected chi connectivity index (χ2v) is 8.08. The standard InChI is InChI=1S/C21H32N6O2/c1-15(2)5-7-25-8-6-22-21(29)18(25)13-19(28)26-9-11-27(12-10-26)20-17(4)23-14-16(3)24-20/h5,14,18H,6-13H2,1-4H3,(H,22,29). The average molecular weight is 401 g/mol. The Morgan fingerprint density at radius 1 is 1.21 bits per heavy atom. The van der Waals surface area contributed by atoms with Gasteiger partial charge in [-0.25, -0.2) is 4.98 Å². The van der Waals surface area contributed by atoms with Crippen molar-refractivity contribution in [3.8, 4) is 0 Å². The van der Waals surface area contributed by atoms with Crippen LogP contribution < -0.4 is 10.2 Å². The van der Waals surface area contributed by atoms with Gasteiger partial charge in [0.25, 0.3) is 0 Å². The number of aromatic nitrogens is 2. The molecule has 29 heavy (non-hydrogen) atoms. The van der Waals surface area contributed by atoms with E-state index in [4.69, 9.17) is 0 Å². The van der Waals surface area contributed by atoms with Crippen molar-refractivity contribution < 1.29 is 9.59 Å². The Labute approximate surface area is 173 Å². The lowest BCUT2D eigenvalue weighted by Gasteiger charge is -2.38. The predicted octanol–water partition coefficient (Wildman–Crippen LogP) is 0.899. The molecule has 2 amide bonds. The van der Waals surface area contributed by atoms with Gasteiger partial charge in [0.15, 0.2) is 0 Å². The van der Waals surface area contributed by atoms with Gasteiger partial charge < -0.3 is 15.1 Å². The first-order chi connectivity index (χ1) is 13.8. The summed E-state index contributed by atoms with van der Waals surface area (Å²) in [5.41, 5.74) is 3.01. The summed E-state index contributed by atoms with van der Waals surface area (Å²) in [6.07, 6.45) is 4.11. The minimum Gasteiger partial charge on any atom is -0.353 e. The SMILES string of the molecule is CC(C)=CCN1CCNC(=O)C1CC(=O)N1CCN(c2nc(C)cnc2C)CC1. The van der Waals surface area contributed by atoms with Crippen LogP contribution in [0.3, 0.4) is 0 Å². The Kier molecular flexibility index (Phi) is 6.84. The highest BCUT2D eigenvalue weighted by molar-refractivity contribution is 5.89. The topological polar surface area (TPSA) is 81.7 Å². The van der Waals surface area contributed by atoms with Crippen LogP contribution >= 0.6 is 0 Å². The third kappa shape index (κ3) is 5.32. The number of aryl methyl sites for hydroxylation is 2. The van der Waals surface area contributed by atoms with E-state index < -0.39 is 6.04 Å².